The first kappa shape index (κ1) is 32.5. The van der Waals surface area contributed by atoms with Crippen LogP contribution in [0.25, 0.3) is 5.76 Å². The largest absolute Gasteiger partial charge is 0.507 e. The van der Waals surface area contributed by atoms with E-state index in [-0.39, 0.29) is 17.0 Å². The highest BCUT2D eigenvalue weighted by atomic mass is 79.9. The second-order valence-electron chi connectivity index (χ2n) is 10.9. The zero-order valence-electron chi connectivity index (χ0n) is 24.2. The first-order valence-electron chi connectivity index (χ1n) is 15.1. The summed E-state index contributed by atoms with van der Waals surface area (Å²) < 4.78 is 0.727. The van der Waals surface area contributed by atoms with Gasteiger partial charge in [-0.1, -0.05) is 118 Å². The average molecular weight is 628 g/mol. The van der Waals surface area contributed by atoms with Crippen LogP contribution in [0.3, 0.4) is 0 Å². The molecule has 0 saturated carbocycles. The number of hydrogen-bond donors (Lipinski definition) is 1. The van der Waals surface area contributed by atoms with Crippen molar-refractivity contribution in [3.05, 3.63) is 79.8 Å². The van der Waals surface area contributed by atoms with Crippen LogP contribution >= 0.6 is 15.9 Å². The van der Waals surface area contributed by atoms with Gasteiger partial charge in [0.15, 0.2) is 0 Å². The van der Waals surface area contributed by atoms with Gasteiger partial charge in [0.2, 0.25) is 0 Å². The number of amides is 1. The van der Waals surface area contributed by atoms with Crippen molar-refractivity contribution >= 4 is 39.1 Å². The summed E-state index contributed by atoms with van der Waals surface area (Å²) in [5, 5.41) is 22.4. The van der Waals surface area contributed by atoms with E-state index in [1.165, 1.54) is 81.2 Å². The van der Waals surface area contributed by atoms with Crippen molar-refractivity contribution in [1.82, 2.24) is 4.90 Å². The van der Waals surface area contributed by atoms with Gasteiger partial charge in [0.05, 0.1) is 16.5 Å². The molecule has 1 saturated heterocycles. The highest BCUT2D eigenvalue weighted by Crippen LogP contribution is 2.40. The fourth-order valence-electron chi connectivity index (χ4n) is 5.50. The molecule has 1 unspecified atom stereocenters. The second kappa shape index (κ2) is 17.1. The topological polar surface area (TPSA) is 101 Å². The predicted molar refractivity (Wildman–Crippen MR) is 167 cm³/mol. The Hall–Kier alpha value is -3.00. The highest BCUT2D eigenvalue weighted by molar-refractivity contribution is 9.10. The average Bonchev–Trinajstić information content (AvgIpc) is 3.22. The lowest BCUT2D eigenvalue weighted by atomic mass is 9.95. The molecular weight excluding hydrogens is 584 g/mol. The van der Waals surface area contributed by atoms with Crippen molar-refractivity contribution in [2.75, 3.05) is 6.54 Å². The van der Waals surface area contributed by atoms with Crippen LogP contribution in [0.5, 0.6) is 0 Å². The number of aliphatic hydroxyl groups is 1. The summed E-state index contributed by atoms with van der Waals surface area (Å²) in [5.74, 6) is -1.65. The van der Waals surface area contributed by atoms with Gasteiger partial charge in [-0.25, -0.2) is 0 Å². The molecule has 2 aromatic rings. The van der Waals surface area contributed by atoms with Crippen LogP contribution in [0.2, 0.25) is 0 Å². The number of carbonyl (C=O) groups excluding carboxylic acids is 2. The van der Waals surface area contributed by atoms with Gasteiger partial charge in [0.25, 0.3) is 17.4 Å². The Morgan fingerprint density at radius 1 is 0.854 bits per heavy atom. The fourth-order valence-corrected chi connectivity index (χ4v) is 5.90. The van der Waals surface area contributed by atoms with Crippen LogP contribution in [-0.2, 0) is 9.59 Å². The molecule has 0 aliphatic carbocycles. The van der Waals surface area contributed by atoms with E-state index >= 15 is 0 Å². The number of ketones is 1. The minimum absolute atomic E-state index is 0.00677. The van der Waals surface area contributed by atoms with Gasteiger partial charge in [0, 0.05) is 28.7 Å². The number of aliphatic hydroxyl groups excluding tert-OH is 1. The molecule has 222 valence electrons. The molecule has 41 heavy (non-hydrogen) atoms. The van der Waals surface area contributed by atoms with Gasteiger partial charge < -0.3 is 10.0 Å². The molecule has 0 bridgehead atoms. The molecule has 7 nitrogen and oxygen atoms in total. The number of hydrogen-bond acceptors (Lipinski definition) is 5. The highest BCUT2D eigenvalue weighted by Gasteiger charge is 2.45. The van der Waals surface area contributed by atoms with E-state index in [4.69, 9.17) is 0 Å². The molecule has 1 aliphatic heterocycles. The number of non-ortho nitro benzene ring substituents is 1. The number of carbonyl (C=O) groups is 2. The molecule has 1 heterocycles. The first-order valence-corrected chi connectivity index (χ1v) is 15.9. The van der Waals surface area contributed by atoms with Gasteiger partial charge in [-0.2, -0.15) is 0 Å². The number of unbranched alkanes of at least 4 members (excludes halogenated alkanes) is 13. The minimum Gasteiger partial charge on any atom is -0.507 e. The standard InChI is InChI=1S/C33H43BrN2O5/c1-2-3-4-5-6-7-8-9-10-11-12-13-14-15-23-35-30(25-19-21-28(22-20-25)36(40)41)29(32(38)33(35)39)31(37)26-17-16-18-27(34)24-26/h16-22,24,30,37H,2-15,23H2,1H3/b31-29+. The number of rotatable bonds is 18. The molecule has 0 aromatic heterocycles. The zero-order chi connectivity index (χ0) is 29.6. The molecule has 1 atom stereocenters. The summed E-state index contributed by atoms with van der Waals surface area (Å²) in [5.41, 5.74) is 0.898. The lowest BCUT2D eigenvalue weighted by Gasteiger charge is -2.25. The van der Waals surface area contributed by atoms with E-state index in [9.17, 15) is 24.8 Å². The van der Waals surface area contributed by atoms with Gasteiger partial charge in [-0.05, 0) is 36.2 Å². The van der Waals surface area contributed by atoms with E-state index < -0.39 is 22.7 Å². The number of nitrogens with zero attached hydrogens (tertiary/aromatic N) is 2. The molecule has 8 heteroatoms. The fraction of sp³-hybridized carbons (Fsp3) is 0.515. The molecule has 1 aliphatic rings. The number of nitro benzene ring substituents is 1. The van der Waals surface area contributed by atoms with Crippen LogP contribution in [0.15, 0.2) is 58.6 Å². The summed E-state index contributed by atoms with van der Waals surface area (Å²) >= 11 is 3.39. The van der Waals surface area contributed by atoms with Crippen molar-refractivity contribution < 1.29 is 19.6 Å². The number of nitro groups is 1. The summed E-state index contributed by atoms with van der Waals surface area (Å²) in [6.07, 6.45) is 17.1. The molecule has 1 fully saturated rings. The molecule has 1 amide bonds. The van der Waals surface area contributed by atoms with E-state index in [0.717, 1.165) is 30.2 Å². The summed E-state index contributed by atoms with van der Waals surface area (Å²) in [6.45, 7) is 2.62. The lowest BCUT2D eigenvalue weighted by molar-refractivity contribution is -0.384. The quantitative estimate of drug-likeness (QED) is 0.0443. The van der Waals surface area contributed by atoms with E-state index in [2.05, 4.69) is 22.9 Å². The number of benzene rings is 2. The number of Topliss-reactive ketones (excluding diaryl/α,β-unsaturated/α-hetero) is 1. The normalized spacial score (nSPS) is 16.4. The smallest absolute Gasteiger partial charge is 0.295 e. The van der Waals surface area contributed by atoms with Gasteiger partial charge in [0.1, 0.15) is 5.76 Å². The monoisotopic (exact) mass is 626 g/mol. The Kier molecular flexibility index (Phi) is 13.5. The van der Waals surface area contributed by atoms with Crippen molar-refractivity contribution in [2.45, 2.75) is 103 Å². The second-order valence-corrected chi connectivity index (χ2v) is 11.9. The molecule has 1 N–H and O–H groups in total. The van der Waals surface area contributed by atoms with Crippen molar-refractivity contribution in [2.24, 2.45) is 0 Å². The SMILES string of the molecule is CCCCCCCCCCCCCCCCN1C(=O)C(=O)/C(=C(/O)c2cccc(Br)c2)C1c1ccc([N+](=O)[O-])cc1. The van der Waals surface area contributed by atoms with Crippen LogP contribution in [0, 0.1) is 10.1 Å². The summed E-state index contributed by atoms with van der Waals surface area (Å²) in [6, 6.07) is 11.9. The van der Waals surface area contributed by atoms with E-state index in [1.54, 1.807) is 36.4 Å². The Morgan fingerprint density at radius 3 is 1.90 bits per heavy atom. The molecule has 2 aromatic carbocycles. The third kappa shape index (κ3) is 9.52. The first-order chi connectivity index (χ1) is 19.8. The van der Waals surface area contributed by atoms with Crippen LogP contribution in [0.1, 0.15) is 114 Å². The third-order valence-electron chi connectivity index (χ3n) is 7.81. The zero-order valence-corrected chi connectivity index (χ0v) is 25.7. The summed E-state index contributed by atoms with van der Waals surface area (Å²) in [4.78, 5) is 38.6. The molecule has 0 spiro atoms. The Bertz CT molecular complexity index is 1190. The summed E-state index contributed by atoms with van der Waals surface area (Å²) in [7, 11) is 0. The van der Waals surface area contributed by atoms with Crippen LogP contribution in [0.4, 0.5) is 5.69 Å². The maximum Gasteiger partial charge on any atom is 0.295 e. The van der Waals surface area contributed by atoms with E-state index in [1.807, 2.05) is 0 Å². The Morgan fingerprint density at radius 2 is 1.39 bits per heavy atom. The maximum atomic E-state index is 13.2. The maximum absolute atomic E-state index is 13.2. The van der Waals surface area contributed by atoms with Crippen LogP contribution < -0.4 is 0 Å². The van der Waals surface area contributed by atoms with E-state index in [0.29, 0.717) is 17.7 Å². The van der Waals surface area contributed by atoms with Crippen molar-refractivity contribution in [1.29, 1.82) is 0 Å². The van der Waals surface area contributed by atoms with Crippen molar-refractivity contribution in [3.8, 4) is 0 Å². The lowest BCUT2D eigenvalue weighted by Crippen LogP contribution is -2.30. The third-order valence-corrected chi connectivity index (χ3v) is 8.30. The molecular formula is C33H43BrN2O5. The minimum atomic E-state index is -0.809. The Labute approximate surface area is 252 Å². The molecule has 0 radical (unpaired) electrons. The number of halogens is 1. The van der Waals surface area contributed by atoms with Gasteiger partial charge in [-0.3, -0.25) is 19.7 Å². The molecule has 3 rings (SSSR count). The Balaban J connectivity index is 1.58. The van der Waals surface area contributed by atoms with Gasteiger partial charge >= 0.3 is 0 Å². The number of likely N-dealkylation sites (tertiary alicyclic amines) is 1. The van der Waals surface area contributed by atoms with Crippen LogP contribution in [-0.4, -0.2) is 33.2 Å². The van der Waals surface area contributed by atoms with Gasteiger partial charge in [-0.15, -0.1) is 0 Å². The van der Waals surface area contributed by atoms with Crippen molar-refractivity contribution in [3.63, 3.8) is 0 Å². The predicted octanol–water partition coefficient (Wildman–Crippen LogP) is 9.26.